The van der Waals surface area contributed by atoms with Crippen LogP contribution in [0.4, 0.5) is 5.82 Å². The fourth-order valence-corrected chi connectivity index (χ4v) is 3.87. The zero-order valence-corrected chi connectivity index (χ0v) is 16.0. The molecule has 1 fully saturated rings. The summed E-state index contributed by atoms with van der Waals surface area (Å²) < 4.78 is 0. The second-order valence-corrected chi connectivity index (χ2v) is 7.29. The van der Waals surface area contributed by atoms with Crippen LogP contribution in [0.3, 0.4) is 0 Å². The number of rotatable bonds is 5. The summed E-state index contributed by atoms with van der Waals surface area (Å²) in [6.45, 7) is 2.23. The minimum Gasteiger partial charge on any atom is -0.356 e. The zero-order valence-electron chi connectivity index (χ0n) is 16.0. The summed E-state index contributed by atoms with van der Waals surface area (Å²) in [5.74, 6) is 0.645. The lowest BCUT2D eigenvalue weighted by molar-refractivity contribution is 0.0938. The van der Waals surface area contributed by atoms with Gasteiger partial charge in [0.15, 0.2) is 0 Å². The van der Waals surface area contributed by atoms with Crippen molar-refractivity contribution >= 4 is 22.5 Å². The van der Waals surface area contributed by atoms with Crippen LogP contribution in [0, 0.1) is 0 Å². The largest absolute Gasteiger partial charge is 0.356 e. The molecule has 1 aliphatic rings. The smallest absolute Gasteiger partial charge is 0.255 e. The van der Waals surface area contributed by atoms with Crippen molar-refractivity contribution in [3.8, 4) is 0 Å². The number of piperidine rings is 1. The molecule has 1 unspecified atom stereocenters. The fourth-order valence-electron chi connectivity index (χ4n) is 3.87. The molecule has 1 saturated heterocycles. The number of nitrogens with zero attached hydrogens (tertiary/aromatic N) is 2. The molecule has 1 aromatic heterocycles. The Labute approximate surface area is 165 Å². The van der Waals surface area contributed by atoms with Crippen molar-refractivity contribution in [2.75, 3.05) is 24.5 Å². The molecule has 1 amide bonds. The summed E-state index contributed by atoms with van der Waals surface area (Å²) in [5, 5.41) is 5.43. The second-order valence-electron chi connectivity index (χ2n) is 7.29. The molecule has 1 aliphatic heterocycles. The first-order chi connectivity index (χ1) is 13.8. The van der Waals surface area contributed by atoms with E-state index in [1.54, 1.807) is 6.20 Å². The van der Waals surface area contributed by atoms with Crippen LogP contribution in [0.15, 0.2) is 60.8 Å². The Morgan fingerprint density at radius 2 is 1.82 bits per heavy atom. The highest BCUT2D eigenvalue weighted by Gasteiger charge is 2.22. The summed E-state index contributed by atoms with van der Waals surface area (Å²) in [4.78, 5) is 19.8. The van der Waals surface area contributed by atoms with Crippen LogP contribution in [0.2, 0.25) is 0 Å². The quantitative estimate of drug-likeness (QED) is 0.715. The van der Waals surface area contributed by atoms with Crippen LogP contribution in [0.5, 0.6) is 0 Å². The van der Waals surface area contributed by atoms with Gasteiger partial charge in [0.2, 0.25) is 0 Å². The molecule has 5 heteroatoms. The van der Waals surface area contributed by atoms with Crippen molar-refractivity contribution in [3.63, 3.8) is 0 Å². The van der Waals surface area contributed by atoms with Crippen LogP contribution in [0.25, 0.3) is 10.8 Å². The number of carbonyl (C=O) groups excluding carboxylic acids is 1. The third-order valence-electron chi connectivity index (χ3n) is 5.40. The normalized spacial score (nSPS) is 15.4. The lowest BCUT2D eigenvalue weighted by atomic mass is 10.0. The molecule has 4 rings (SSSR count). The van der Waals surface area contributed by atoms with Gasteiger partial charge < -0.3 is 16.0 Å². The maximum Gasteiger partial charge on any atom is 0.255 e. The highest BCUT2D eigenvalue weighted by Crippen LogP contribution is 2.24. The number of benzene rings is 2. The van der Waals surface area contributed by atoms with E-state index in [0.717, 1.165) is 42.7 Å². The average molecular weight is 374 g/mol. The second kappa shape index (κ2) is 8.40. The molecule has 1 atom stereocenters. The lowest BCUT2D eigenvalue weighted by Crippen LogP contribution is -2.36. The third-order valence-corrected chi connectivity index (χ3v) is 5.40. The lowest BCUT2D eigenvalue weighted by Gasteiger charge is -2.29. The van der Waals surface area contributed by atoms with Gasteiger partial charge in [-0.3, -0.25) is 4.79 Å². The van der Waals surface area contributed by atoms with Crippen molar-refractivity contribution in [2.24, 2.45) is 5.73 Å². The van der Waals surface area contributed by atoms with E-state index in [9.17, 15) is 4.79 Å². The molecule has 0 bridgehead atoms. The number of amides is 1. The molecule has 3 aromatic rings. The van der Waals surface area contributed by atoms with Gasteiger partial charge in [0.05, 0.1) is 11.6 Å². The molecule has 3 N–H and O–H groups in total. The Kier molecular flexibility index (Phi) is 5.53. The Bertz CT molecular complexity index is 965. The van der Waals surface area contributed by atoms with Crippen molar-refractivity contribution in [1.29, 1.82) is 0 Å². The van der Waals surface area contributed by atoms with Gasteiger partial charge in [-0.15, -0.1) is 0 Å². The standard InChI is InChI=1S/C23H26N4O/c24-16-21(19-11-10-17-7-2-3-8-18(17)15-19)26-23(28)20-9-6-12-25-22(20)27-13-4-1-5-14-27/h2-3,6-12,15,21H,1,4-5,13-14,16,24H2,(H,26,28). The number of hydrogen-bond acceptors (Lipinski definition) is 4. The van der Waals surface area contributed by atoms with E-state index in [1.807, 2.05) is 30.3 Å². The fraction of sp³-hybridized carbons (Fsp3) is 0.304. The highest BCUT2D eigenvalue weighted by atomic mass is 16.1. The molecule has 144 valence electrons. The molecular weight excluding hydrogens is 348 g/mol. The highest BCUT2D eigenvalue weighted by molar-refractivity contribution is 5.99. The van der Waals surface area contributed by atoms with Gasteiger partial charge in [0.1, 0.15) is 5.82 Å². The van der Waals surface area contributed by atoms with Crippen molar-refractivity contribution in [2.45, 2.75) is 25.3 Å². The van der Waals surface area contributed by atoms with E-state index in [0.29, 0.717) is 12.1 Å². The first-order valence-electron chi connectivity index (χ1n) is 9.96. The summed E-state index contributed by atoms with van der Waals surface area (Å²) >= 11 is 0. The van der Waals surface area contributed by atoms with Crippen LogP contribution in [-0.2, 0) is 0 Å². The van der Waals surface area contributed by atoms with E-state index in [-0.39, 0.29) is 11.9 Å². The van der Waals surface area contributed by atoms with Gasteiger partial charge in [-0.25, -0.2) is 4.98 Å². The number of fused-ring (bicyclic) bond motifs is 1. The number of aromatic nitrogens is 1. The van der Waals surface area contributed by atoms with Crippen LogP contribution < -0.4 is 16.0 Å². The minimum absolute atomic E-state index is 0.128. The van der Waals surface area contributed by atoms with E-state index in [1.165, 1.54) is 11.8 Å². The maximum absolute atomic E-state index is 13.1. The number of nitrogens with two attached hydrogens (primary N) is 1. The SMILES string of the molecule is NCC(NC(=O)c1cccnc1N1CCCCC1)c1ccc2ccccc2c1. The van der Waals surface area contributed by atoms with Gasteiger partial charge in [-0.05, 0) is 53.8 Å². The van der Waals surface area contributed by atoms with Crippen LogP contribution >= 0.6 is 0 Å². The Hall–Kier alpha value is -2.92. The van der Waals surface area contributed by atoms with Crippen LogP contribution in [-0.4, -0.2) is 30.5 Å². The maximum atomic E-state index is 13.1. The zero-order chi connectivity index (χ0) is 19.3. The van der Waals surface area contributed by atoms with Gasteiger partial charge in [0, 0.05) is 25.8 Å². The monoisotopic (exact) mass is 374 g/mol. The molecule has 0 saturated carbocycles. The molecule has 0 spiro atoms. The molecular formula is C23H26N4O. The minimum atomic E-state index is -0.244. The molecule has 2 aromatic carbocycles. The summed E-state index contributed by atoms with van der Waals surface area (Å²) in [6, 6.07) is 17.8. The molecule has 5 nitrogen and oxygen atoms in total. The van der Waals surface area contributed by atoms with Crippen LogP contribution in [0.1, 0.15) is 41.2 Å². The van der Waals surface area contributed by atoms with Crippen molar-refractivity contribution in [1.82, 2.24) is 10.3 Å². The predicted molar refractivity (Wildman–Crippen MR) is 114 cm³/mol. The molecule has 28 heavy (non-hydrogen) atoms. The molecule has 0 aliphatic carbocycles. The predicted octanol–water partition coefficient (Wildman–Crippen LogP) is 3.65. The number of anilines is 1. The first kappa shape index (κ1) is 18.4. The third kappa shape index (κ3) is 3.85. The van der Waals surface area contributed by atoms with Gasteiger partial charge >= 0.3 is 0 Å². The summed E-state index contributed by atoms with van der Waals surface area (Å²) in [6.07, 6.45) is 5.27. The van der Waals surface area contributed by atoms with Gasteiger partial charge in [-0.1, -0.05) is 36.4 Å². The van der Waals surface area contributed by atoms with Crippen molar-refractivity contribution < 1.29 is 4.79 Å². The first-order valence-corrected chi connectivity index (χ1v) is 9.96. The van der Waals surface area contributed by atoms with E-state index in [2.05, 4.69) is 39.5 Å². The number of hydrogen-bond donors (Lipinski definition) is 2. The Balaban J connectivity index is 1.57. The summed E-state index contributed by atoms with van der Waals surface area (Å²) in [7, 11) is 0. The van der Waals surface area contributed by atoms with Crippen molar-refractivity contribution in [3.05, 3.63) is 71.9 Å². The Morgan fingerprint density at radius 1 is 1.04 bits per heavy atom. The average Bonchev–Trinajstić information content (AvgIpc) is 2.77. The van der Waals surface area contributed by atoms with E-state index in [4.69, 9.17) is 5.73 Å². The Morgan fingerprint density at radius 3 is 2.61 bits per heavy atom. The number of nitrogens with one attached hydrogen (secondary N) is 1. The van der Waals surface area contributed by atoms with E-state index < -0.39 is 0 Å². The number of pyridine rings is 1. The van der Waals surface area contributed by atoms with Gasteiger partial charge in [0.25, 0.3) is 5.91 Å². The summed E-state index contributed by atoms with van der Waals surface area (Å²) in [5.41, 5.74) is 7.64. The van der Waals surface area contributed by atoms with Gasteiger partial charge in [-0.2, -0.15) is 0 Å². The number of carbonyl (C=O) groups is 1. The topological polar surface area (TPSA) is 71.2 Å². The molecule has 2 heterocycles. The molecule has 0 radical (unpaired) electrons. The van der Waals surface area contributed by atoms with E-state index >= 15 is 0 Å².